The first-order valence-electron chi connectivity index (χ1n) is 9.35. The van der Waals surface area contributed by atoms with Crippen molar-refractivity contribution in [1.82, 2.24) is 15.3 Å². The number of nitrogens with zero attached hydrogens (tertiary/aromatic N) is 2. The molecule has 3 rings (SSSR count). The van der Waals surface area contributed by atoms with Crippen LogP contribution in [0, 0.1) is 6.92 Å². The van der Waals surface area contributed by atoms with Gasteiger partial charge >= 0.3 is 0 Å². The van der Waals surface area contributed by atoms with E-state index < -0.39 is 0 Å². The maximum atomic E-state index is 12.3. The van der Waals surface area contributed by atoms with E-state index in [0.29, 0.717) is 18.1 Å². The monoisotopic (exact) mass is 374 g/mol. The smallest absolute Gasteiger partial charge is 0.271 e. The number of benzene rings is 2. The molecule has 0 aliphatic rings. The number of amides is 1. The Balaban J connectivity index is 1.60. The van der Waals surface area contributed by atoms with Gasteiger partial charge in [-0.3, -0.25) is 4.79 Å². The average Bonchev–Trinajstić information content (AvgIpc) is 2.67. The Kier molecular flexibility index (Phi) is 5.73. The number of carbonyl (C=O) groups is 1. The fourth-order valence-electron chi connectivity index (χ4n) is 2.79. The molecule has 2 N–H and O–H groups in total. The SMILES string of the molecule is Cc1ccccc1CNC(=O)c1cnc(Nc2ccc(C(C)(C)C)cc2)cn1. The fraction of sp³-hybridized carbons (Fsp3) is 0.261. The van der Waals surface area contributed by atoms with Crippen LogP contribution >= 0.6 is 0 Å². The number of hydrogen-bond acceptors (Lipinski definition) is 4. The number of anilines is 2. The van der Waals surface area contributed by atoms with E-state index in [-0.39, 0.29) is 11.3 Å². The number of aryl methyl sites for hydroxylation is 1. The lowest BCUT2D eigenvalue weighted by Crippen LogP contribution is -2.24. The zero-order valence-electron chi connectivity index (χ0n) is 16.8. The minimum Gasteiger partial charge on any atom is -0.347 e. The average molecular weight is 374 g/mol. The van der Waals surface area contributed by atoms with Crippen LogP contribution in [-0.4, -0.2) is 15.9 Å². The highest BCUT2D eigenvalue weighted by atomic mass is 16.1. The molecule has 0 unspecified atom stereocenters. The highest BCUT2D eigenvalue weighted by molar-refractivity contribution is 5.92. The molecule has 3 aromatic rings. The maximum absolute atomic E-state index is 12.3. The summed E-state index contributed by atoms with van der Waals surface area (Å²) < 4.78 is 0. The first kappa shape index (κ1) is 19.5. The molecule has 0 spiro atoms. The van der Waals surface area contributed by atoms with Gasteiger partial charge in [0, 0.05) is 12.2 Å². The van der Waals surface area contributed by atoms with Crippen LogP contribution in [-0.2, 0) is 12.0 Å². The predicted octanol–water partition coefficient (Wildman–Crippen LogP) is 4.76. The molecule has 0 atom stereocenters. The summed E-state index contributed by atoms with van der Waals surface area (Å²) in [6, 6.07) is 16.2. The lowest BCUT2D eigenvalue weighted by atomic mass is 9.87. The highest BCUT2D eigenvalue weighted by Crippen LogP contribution is 2.24. The maximum Gasteiger partial charge on any atom is 0.271 e. The summed E-state index contributed by atoms with van der Waals surface area (Å²) in [7, 11) is 0. The van der Waals surface area contributed by atoms with Crippen molar-refractivity contribution in [3.8, 4) is 0 Å². The molecule has 1 heterocycles. The molecule has 5 nitrogen and oxygen atoms in total. The quantitative estimate of drug-likeness (QED) is 0.676. The van der Waals surface area contributed by atoms with Gasteiger partial charge in [0.1, 0.15) is 11.5 Å². The molecule has 1 amide bonds. The van der Waals surface area contributed by atoms with Gasteiger partial charge in [0.2, 0.25) is 0 Å². The number of hydrogen-bond donors (Lipinski definition) is 2. The van der Waals surface area contributed by atoms with Gasteiger partial charge in [-0.2, -0.15) is 0 Å². The minimum atomic E-state index is -0.239. The summed E-state index contributed by atoms with van der Waals surface area (Å²) in [5, 5.41) is 6.09. The first-order valence-corrected chi connectivity index (χ1v) is 9.35. The third kappa shape index (κ3) is 4.94. The highest BCUT2D eigenvalue weighted by Gasteiger charge is 2.13. The van der Waals surface area contributed by atoms with Crippen molar-refractivity contribution >= 4 is 17.4 Å². The second-order valence-electron chi connectivity index (χ2n) is 7.85. The lowest BCUT2D eigenvalue weighted by Gasteiger charge is -2.19. The number of rotatable bonds is 5. The van der Waals surface area contributed by atoms with E-state index in [4.69, 9.17) is 0 Å². The third-order valence-corrected chi connectivity index (χ3v) is 4.61. The Hall–Kier alpha value is -3.21. The lowest BCUT2D eigenvalue weighted by molar-refractivity contribution is 0.0945. The summed E-state index contributed by atoms with van der Waals surface area (Å²) in [4.78, 5) is 20.8. The van der Waals surface area contributed by atoms with Crippen molar-refractivity contribution < 1.29 is 4.79 Å². The van der Waals surface area contributed by atoms with Crippen molar-refractivity contribution in [2.24, 2.45) is 0 Å². The minimum absolute atomic E-state index is 0.117. The molecule has 0 aliphatic carbocycles. The van der Waals surface area contributed by atoms with Gasteiger partial charge in [0.05, 0.1) is 12.4 Å². The second kappa shape index (κ2) is 8.21. The van der Waals surface area contributed by atoms with Gasteiger partial charge in [-0.25, -0.2) is 9.97 Å². The Labute approximate surface area is 166 Å². The van der Waals surface area contributed by atoms with E-state index >= 15 is 0 Å². The van der Waals surface area contributed by atoms with Crippen LogP contribution in [0.1, 0.15) is 48.0 Å². The zero-order chi connectivity index (χ0) is 20.1. The van der Waals surface area contributed by atoms with Crippen LogP contribution in [0.25, 0.3) is 0 Å². The molecule has 0 saturated heterocycles. The molecule has 0 fully saturated rings. The van der Waals surface area contributed by atoms with Crippen molar-refractivity contribution in [3.63, 3.8) is 0 Å². The standard InChI is InChI=1S/C23H26N4O/c1-16-7-5-6-8-17(16)13-26-22(28)20-14-25-21(15-24-20)27-19-11-9-18(10-12-19)23(2,3)4/h5-12,14-15H,13H2,1-4H3,(H,25,27)(H,26,28). The van der Waals surface area contributed by atoms with Crippen LogP contribution in [0.3, 0.4) is 0 Å². The van der Waals surface area contributed by atoms with Crippen LogP contribution in [0.15, 0.2) is 60.9 Å². The van der Waals surface area contributed by atoms with Crippen LogP contribution in [0.4, 0.5) is 11.5 Å². The Morgan fingerprint density at radius 1 is 0.964 bits per heavy atom. The van der Waals surface area contributed by atoms with Crippen molar-refractivity contribution in [2.75, 3.05) is 5.32 Å². The van der Waals surface area contributed by atoms with Gasteiger partial charge in [-0.1, -0.05) is 57.2 Å². The largest absolute Gasteiger partial charge is 0.347 e. The molecular weight excluding hydrogens is 348 g/mol. The molecule has 5 heteroatoms. The van der Waals surface area contributed by atoms with Gasteiger partial charge in [-0.05, 0) is 41.2 Å². The van der Waals surface area contributed by atoms with Crippen LogP contribution in [0.5, 0.6) is 0 Å². The van der Waals surface area contributed by atoms with E-state index in [0.717, 1.165) is 16.8 Å². The van der Waals surface area contributed by atoms with E-state index in [2.05, 4.69) is 53.5 Å². The molecule has 144 valence electrons. The van der Waals surface area contributed by atoms with Crippen molar-refractivity contribution in [1.29, 1.82) is 0 Å². The second-order valence-corrected chi connectivity index (χ2v) is 7.85. The van der Waals surface area contributed by atoms with E-state index in [9.17, 15) is 4.79 Å². The van der Waals surface area contributed by atoms with Crippen molar-refractivity contribution in [3.05, 3.63) is 83.3 Å². The third-order valence-electron chi connectivity index (χ3n) is 4.61. The van der Waals surface area contributed by atoms with Gasteiger partial charge < -0.3 is 10.6 Å². The topological polar surface area (TPSA) is 66.9 Å². The molecule has 0 aliphatic heterocycles. The van der Waals surface area contributed by atoms with Crippen molar-refractivity contribution in [2.45, 2.75) is 39.7 Å². The molecule has 28 heavy (non-hydrogen) atoms. The van der Waals surface area contributed by atoms with Gasteiger partial charge in [0.15, 0.2) is 0 Å². The summed E-state index contributed by atoms with van der Waals surface area (Å²) in [5.74, 6) is 0.357. The zero-order valence-corrected chi connectivity index (χ0v) is 16.8. The summed E-state index contributed by atoms with van der Waals surface area (Å²) >= 11 is 0. The Morgan fingerprint density at radius 2 is 1.68 bits per heavy atom. The fourth-order valence-corrected chi connectivity index (χ4v) is 2.79. The summed E-state index contributed by atoms with van der Waals surface area (Å²) in [6.45, 7) is 9.04. The first-order chi connectivity index (χ1) is 13.3. The number of carbonyl (C=O) groups excluding carboxylic acids is 1. The van der Waals surface area contributed by atoms with E-state index in [1.165, 1.54) is 11.8 Å². The Morgan fingerprint density at radius 3 is 2.29 bits per heavy atom. The van der Waals surface area contributed by atoms with Gasteiger partial charge in [-0.15, -0.1) is 0 Å². The molecule has 2 aromatic carbocycles. The van der Waals surface area contributed by atoms with E-state index in [1.807, 2.05) is 43.3 Å². The van der Waals surface area contributed by atoms with Gasteiger partial charge in [0.25, 0.3) is 5.91 Å². The molecule has 0 bridgehead atoms. The molecule has 0 radical (unpaired) electrons. The van der Waals surface area contributed by atoms with Crippen LogP contribution < -0.4 is 10.6 Å². The predicted molar refractivity (Wildman–Crippen MR) is 113 cm³/mol. The van der Waals surface area contributed by atoms with E-state index in [1.54, 1.807) is 6.20 Å². The summed E-state index contributed by atoms with van der Waals surface area (Å²) in [6.07, 6.45) is 3.05. The molecule has 1 aromatic heterocycles. The molecule has 0 saturated carbocycles. The Bertz CT molecular complexity index is 942. The number of nitrogens with one attached hydrogen (secondary N) is 2. The van der Waals surface area contributed by atoms with Crippen LogP contribution in [0.2, 0.25) is 0 Å². The molecular formula is C23H26N4O. The normalized spacial score (nSPS) is 11.1. The number of aromatic nitrogens is 2. The summed E-state index contributed by atoms with van der Waals surface area (Å²) in [5.41, 5.74) is 4.84.